The van der Waals surface area contributed by atoms with Gasteiger partial charge in [0.1, 0.15) is 24.4 Å². The lowest BCUT2D eigenvalue weighted by molar-refractivity contribution is -0.360. The molecule has 4 aromatic carbocycles. The molecule has 4 saturated carbocycles. The van der Waals surface area contributed by atoms with Crippen molar-refractivity contribution >= 4 is 0 Å². The van der Waals surface area contributed by atoms with Crippen LogP contribution in [0, 0.1) is 17.8 Å². The predicted molar refractivity (Wildman–Crippen MR) is 192 cm³/mol. The van der Waals surface area contributed by atoms with Crippen LogP contribution in [0.3, 0.4) is 0 Å². The molecule has 1 aliphatic heterocycles. The van der Waals surface area contributed by atoms with E-state index >= 15 is 0 Å². The van der Waals surface area contributed by atoms with Crippen LogP contribution in [-0.2, 0) is 54.8 Å². The Morgan fingerprint density at radius 3 is 1.34 bits per heavy atom. The summed E-state index contributed by atoms with van der Waals surface area (Å²) in [5.74, 6) is 2.22. The molecule has 4 aliphatic carbocycles. The van der Waals surface area contributed by atoms with Gasteiger partial charge in [-0.3, -0.25) is 0 Å². The molecule has 0 radical (unpaired) electrons. The van der Waals surface area contributed by atoms with Gasteiger partial charge in [-0.05, 0) is 78.5 Å². The maximum absolute atomic E-state index is 7.34. The highest BCUT2D eigenvalue weighted by Gasteiger charge is 2.56. The molecular formula is C44H50O6. The topological polar surface area (TPSA) is 55.4 Å². The van der Waals surface area contributed by atoms with Gasteiger partial charge in [-0.25, -0.2) is 0 Å². The maximum Gasteiger partial charge on any atom is 0.187 e. The highest BCUT2D eigenvalue weighted by molar-refractivity contribution is 5.17. The Hall–Kier alpha value is -3.36. The number of benzene rings is 4. The first-order chi connectivity index (χ1) is 24.7. The molecule has 6 nitrogen and oxygen atoms in total. The van der Waals surface area contributed by atoms with Crippen molar-refractivity contribution in [1.82, 2.24) is 0 Å². The van der Waals surface area contributed by atoms with Crippen LogP contribution in [0.2, 0.25) is 0 Å². The van der Waals surface area contributed by atoms with Crippen molar-refractivity contribution in [3.63, 3.8) is 0 Å². The van der Waals surface area contributed by atoms with Crippen molar-refractivity contribution in [3.8, 4) is 0 Å². The van der Waals surface area contributed by atoms with Gasteiger partial charge in [0.2, 0.25) is 0 Å². The van der Waals surface area contributed by atoms with E-state index in [1.54, 1.807) is 0 Å². The van der Waals surface area contributed by atoms with Crippen LogP contribution in [0.1, 0.15) is 60.8 Å². The van der Waals surface area contributed by atoms with Crippen molar-refractivity contribution < 1.29 is 28.4 Å². The van der Waals surface area contributed by atoms with E-state index in [4.69, 9.17) is 28.4 Å². The number of rotatable bonds is 15. The molecule has 5 atom stereocenters. The second-order valence-corrected chi connectivity index (χ2v) is 15.0. The average Bonchev–Trinajstić information content (AvgIpc) is 3.14. The third kappa shape index (κ3) is 8.23. The van der Waals surface area contributed by atoms with Gasteiger partial charge in [0.05, 0.1) is 38.6 Å². The lowest BCUT2D eigenvalue weighted by Gasteiger charge is -2.58. The van der Waals surface area contributed by atoms with E-state index in [1.807, 2.05) is 48.5 Å². The van der Waals surface area contributed by atoms with Gasteiger partial charge in [-0.15, -0.1) is 0 Å². The summed E-state index contributed by atoms with van der Waals surface area (Å²) in [5, 5.41) is 0. The molecule has 9 rings (SSSR count). The van der Waals surface area contributed by atoms with Crippen molar-refractivity contribution in [2.75, 3.05) is 6.61 Å². The smallest absolute Gasteiger partial charge is 0.187 e. The fourth-order valence-corrected chi connectivity index (χ4v) is 9.26. The van der Waals surface area contributed by atoms with Crippen LogP contribution in [0.5, 0.6) is 0 Å². The first kappa shape index (κ1) is 33.8. The summed E-state index contributed by atoms with van der Waals surface area (Å²) in [6, 6.07) is 41.2. The van der Waals surface area contributed by atoms with E-state index in [9.17, 15) is 0 Å². The Bertz CT molecular complexity index is 1560. The molecule has 4 bridgehead atoms. The zero-order valence-corrected chi connectivity index (χ0v) is 28.9. The van der Waals surface area contributed by atoms with E-state index in [0.717, 1.165) is 59.3 Å². The summed E-state index contributed by atoms with van der Waals surface area (Å²) in [5.41, 5.74) is 4.21. The van der Waals surface area contributed by atoms with Gasteiger partial charge in [-0.1, -0.05) is 121 Å². The third-order valence-corrected chi connectivity index (χ3v) is 11.2. The Morgan fingerprint density at radius 2 is 0.880 bits per heavy atom. The minimum atomic E-state index is -0.627. The van der Waals surface area contributed by atoms with E-state index in [1.165, 1.54) is 19.3 Å². The fourth-order valence-electron chi connectivity index (χ4n) is 9.26. The maximum atomic E-state index is 7.34. The summed E-state index contributed by atoms with van der Waals surface area (Å²) in [7, 11) is 0. The summed E-state index contributed by atoms with van der Waals surface area (Å²) < 4.78 is 41.5. The average molecular weight is 675 g/mol. The normalized spacial score (nSPS) is 31.5. The molecule has 0 amide bonds. The largest absolute Gasteiger partial charge is 0.374 e. The van der Waals surface area contributed by atoms with Crippen LogP contribution in [0.15, 0.2) is 121 Å². The lowest BCUT2D eigenvalue weighted by Crippen LogP contribution is -2.64. The molecule has 3 unspecified atom stereocenters. The molecule has 1 heterocycles. The SMILES string of the molecule is c1ccc(COCC2O[C@@H](OC34CC5CC(CC(C5)C3)C4)C(OCc3ccccc3)C(OCc3ccccc3)[C@@H]2OCc2ccccc2)cc1. The van der Waals surface area contributed by atoms with Gasteiger partial charge >= 0.3 is 0 Å². The number of hydrogen-bond acceptors (Lipinski definition) is 6. The molecule has 262 valence electrons. The molecule has 5 fully saturated rings. The minimum Gasteiger partial charge on any atom is -0.374 e. The van der Waals surface area contributed by atoms with Crippen molar-refractivity contribution in [1.29, 1.82) is 0 Å². The van der Waals surface area contributed by atoms with Crippen molar-refractivity contribution in [2.24, 2.45) is 17.8 Å². The van der Waals surface area contributed by atoms with E-state index < -0.39 is 30.7 Å². The third-order valence-electron chi connectivity index (χ3n) is 11.2. The molecule has 0 spiro atoms. The van der Waals surface area contributed by atoms with Gasteiger partial charge in [-0.2, -0.15) is 0 Å². The molecule has 4 aromatic rings. The van der Waals surface area contributed by atoms with E-state index in [0.29, 0.717) is 33.0 Å². The zero-order valence-electron chi connectivity index (χ0n) is 28.9. The number of hydrogen-bond donors (Lipinski definition) is 0. The molecule has 5 aliphatic rings. The second kappa shape index (κ2) is 15.9. The second-order valence-electron chi connectivity index (χ2n) is 15.0. The van der Waals surface area contributed by atoms with E-state index in [2.05, 4.69) is 72.8 Å². The molecule has 0 N–H and O–H groups in total. The van der Waals surface area contributed by atoms with Crippen LogP contribution < -0.4 is 0 Å². The highest BCUT2D eigenvalue weighted by Crippen LogP contribution is 2.58. The Morgan fingerprint density at radius 1 is 0.480 bits per heavy atom. The summed E-state index contributed by atoms with van der Waals surface area (Å²) in [4.78, 5) is 0. The van der Waals surface area contributed by atoms with Crippen molar-refractivity contribution in [2.45, 2.75) is 101 Å². The van der Waals surface area contributed by atoms with Gasteiger partial charge in [0.15, 0.2) is 6.29 Å². The lowest BCUT2D eigenvalue weighted by atomic mass is 9.54. The standard InChI is InChI=1S/C44H50O6/c1-5-13-32(14-6-1)27-45-31-39-40(46-28-33-15-7-2-8-16-33)41(47-29-34-17-9-3-10-18-34)42(48-30-35-19-11-4-12-20-35)43(49-39)50-44-24-36-21-37(25-44)23-38(22-36)26-44/h1-20,36-43H,21-31H2/t36?,37?,38?,39?,40-,41?,42?,43+,44?/m1/s1. The molecule has 6 heteroatoms. The first-order valence-corrected chi connectivity index (χ1v) is 18.6. The van der Waals surface area contributed by atoms with E-state index in [-0.39, 0.29) is 5.60 Å². The molecule has 0 aromatic heterocycles. The van der Waals surface area contributed by atoms with Crippen LogP contribution in [-0.4, -0.2) is 42.9 Å². The molecule has 1 saturated heterocycles. The quantitative estimate of drug-likeness (QED) is 0.126. The summed E-state index contributed by atoms with van der Waals surface area (Å²) >= 11 is 0. The van der Waals surface area contributed by atoms with Crippen LogP contribution >= 0.6 is 0 Å². The van der Waals surface area contributed by atoms with Gasteiger partial charge < -0.3 is 28.4 Å². The molecule has 50 heavy (non-hydrogen) atoms. The summed E-state index contributed by atoms with van der Waals surface area (Å²) in [6.07, 6.45) is 4.82. The minimum absolute atomic E-state index is 0.190. The monoisotopic (exact) mass is 674 g/mol. The zero-order chi connectivity index (χ0) is 33.6. The highest BCUT2D eigenvalue weighted by atomic mass is 16.7. The van der Waals surface area contributed by atoms with Crippen LogP contribution in [0.4, 0.5) is 0 Å². The fraction of sp³-hybridized carbons (Fsp3) is 0.455. The van der Waals surface area contributed by atoms with Crippen LogP contribution in [0.25, 0.3) is 0 Å². The molecular weight excluding hydrogens is 624 g/mol. The first-order valence-electron chi connectivity index (χ1n) is 18.6. The Labute approximate surface area is 297 Å². The van der Waals surface area contributed by atoms with Crippen molar-refractivity contribution in [3.05, 3.63) is 144 Å². The van der Waals surface area contributed by atoms with Gasteiger partial charge in [0, 0.05) is 0 Å². The Balaban J connectivity index is 1.11. The predicted octanol–water partition coefficient (Wildman–Crippen LogP) is 8.67. The Kier molecular flexibility index (Phi) is 10.7. The summed E-state index contributed by atoms with van der Waals surface area (Å²) in [6.45, 7) is 2.08. The van der Waals surface area contributed by atoms with Gasteiger partial charge in [0.25, 0.3) is 0 Å². The number of ether oxygens (including phenoxy) is 6.